The standard InChI is InChI=1S/C28H29N3O3/c1-19-10-12-22(13-11-19)30-16-21(15-27(30)33)28-29-25-8-3-4-9-26(25)31(28)17-23(32)18-34-24-7-5-6-20(2)14-24/h3-14,21,23,32H,15-18H2,1-2H3/t21-,23-/m0/s1. The molecule has 1 aliphatic rings. The van der Waals surface area contributed by atoms with Crippen LogP contribution in [0.2, 0.25) is 0 Å². The van der Waals surface area contributed by atoms with Crippen LogP contribution in [0.4, 0.5) is 5.69 Å². The smallest absolute Gasteiger partial charge is 0.227 e. The zero-order valence-electron chi connectivity index (χ0n) is 19.5. The van der Waals surface area contributed by atoms with Crippen molar-refractivity contribution >= 4 is 22.6 Å². The molecule has 4 aromatic rings. The van der Waals surface area contributed by atoms with Crippen molar-refractivity contribution < 1.29 is 14.6 Å². The number of aliphatic hydroxyl groups excluding tert-OH is 1. The molecule has 0 spiro atoms. The molecular weight excluding hydrogens is 426 g/mol. The number of anilines is 1. The third-order valence-electron chi connectivity index (χ3n) is 6.35. The molecule has 2 atom stereocenters. The Labute approximate surface area is 199 Å². The summed E-state index contributed by atoms with van der Waals surface area (Å²) in [7, 11) is 0. The molecule has 0 unspecified atom stereocenters. The number of imidazole rings is 1. The second-order valence-electron chi connectivity index (χ2n) is 9.09. The average molecular weight is 456 g/mol. The van der Waals surface area contributed by atoms with Crippen LogP contribution in [-0.2, 0) is 11.3 Å². The zero-order chi connectivity index (χ0) is 23.7. The van der Waals surface area contributed by atoms with Crippen molar-refractivity contribution in [1.82, 2.24) is 9.55 Å². The SMILES string of the molecule is Cc1ccc(N2C[C@@H](c3nc4ccccc4n3C[C@H](O)COc3cccc(C)c3)CC2=O)cc1. The molecule has 6 heteroatoms. The van der Waals surface area contributed by atoms with Crippen molar-refractivity contribution in [2.75, 3.05) is 18.1 Å². The lowest BCUT2D eigenvalue weighted by Crippen LogP contribution is -2.26. The maximum absolute atomic E-state index is 12.9. The Morgan fingerprint density at radius 3 is 2.62 bits per heavy atom. The fourth-order valence-electron chi connectivity index (χ4n) is 4.61. The number of fused-ring (bicyclic) bond motifs is 1. The van der Waals surface area contributed by atoms with Crippen LogP contribution in [-0.4, -0.2) is 39.8 Å². The summed E-state index contributed by atoms with van der Waals surface area (Å²) in [4.78, 5) is 19.6. The van der Waals surface area contributed by atoms with Crippen LogP contribution in [0.3, 0.4) is 0 Å². The van der Waals surface area contributed by atoms with E-state index in [0.717, 1.165) is 39.4 Å². The summed E-state index contributed by atoms with van der Waals surface area (Å²) < 4.78 is 7.88. The lowest BCUT2D eigenvalue weighted by Gasteiger charge is -2.19. The normalized spacial score (nSPS) is 16.9. The minimum Gasteiger partial charge on any atom is -0.491 e. The van der Waals surface area contributed by atoms with Crippen LogP contribution in [0.15, 0.2) is 72.8 Å². The molecule has 3 aromatic carbocycles. The van der Waals surface area contributed by atoms with Crippen molar-refractivity contribution in [3.63, 3.8) is 0 Å². The van der Waals surface area contributed by atoms with Crippen molar-refractivity contribution in [3.05, 3.63) is 89.7 Å². The Morgan fingerprint density at radius 2 is 1.82 bits per heavy atom. The Morgan fingerprint density at radius 1 is 1.03 bits per heavy atom. The monoisotopic (exact) mass is 455 g/mol. The van der Waals surface area contributed by atoms with Crippen LogP contribution in [0.1, 0.15) is 29.3 Å². The van der Waals surface area contributed by atoms with E-state index < -0.39 is 6.10 Å². The lowest BCUT2D eigenvalue weighted by atomic mass is 10.1. The summed E-state index contributed by atoms with van der Waals surface area (Å²) in [6.07, 6.45) is -0.324. The number of aromatic nitrogens is 2. The van der Waals surface area contributed by atoms with Gasteiger partial charge in [0.15, 0.2) is 0 Å². The highest BCUT2D eigenvalue weighted by atomic mass is 16.5. The maximum Gasteiger partial charge on any atom is 0.227 e. The molecule has 1 aliphatic heterocycles. The van der Waals surface area contributed by atoms with Gasteiger partial charge in [-0.15, -0.1) is 0 Å². The average Bonchev–Trinajstić information content (AvgIpc) is 3.39. The first-order chi connectivity index (χ1) is 16.5. The highest BCUT2D eigenvalue weighted by molar-refractivity contribution is 5.96. The molecule has 1 saturated heterocycles. The number of para-hydroxylation sites is 2. The van der Waals surface area contributed by atoms with Crippen molar-refractivity contribution in [2.45, 2.75) is 38.8 Å². The summed E-state index contributed by atoms with van der Waals surface area (Å²) in [6.45, 7) is 5.14. The first-order valence-electron chi connectivity index (χ1n) is 11.7. The molecule has 0 saturated carbocycles. The molecule has 0 aliphatic carbocycles. The van der Waals surface area contributed by atoms with Gasteiger partial charge in [-0.25, -0.2) is 4.98 Å². The summed E-state index contributed by atoms with van der Waals surface area (Å²) >= 11 is 0. The number of aliphatic hydroxyl groups is 1. The van der Waals surface area contributed by atoms with Gasteiger partial charge in [0.05, 0.1) is 17.6 Å². The minimum atomic E-state index is -0.720. The fourth-order valence-corrected chi connectivity index (χ4v) is 4.61. The molecule has 1 fully saturated rings. The van der Waals surface area contributed by atoms with Crippen LogP contribution < -0.4 is 9.64 Å². The molecule has 1 N–H and O–H groups in total. The van der Waals surface area contributed by atoms with Gasteiger partial charge in [-0.1, -0.05) is 42.0 Å². The van der Waals surface area contributed by atoms with Gasteiger partial charge in [0.1, 0.15) is 24.3 Å². The number of rotatable bonds is 7. The number of ether oxygens (including phenoxy) is 1. The van der Waals surface area contributed by atoms with E-state index in [0.29, 0.717) is 19.5 Å². The van der Waals surface area contributed by atoms with Crippen LogP contribution >= 0.6 is 0 Å². The Balaban J connectivity index is 1.38. The van der Waals surface area contributed by atoms with Gasteiger partial charge in [-0.3, -0.25) is 4.79 Å². The van der Waals surface area contributed by atoms with E-state index in [9.17, 15) is 9.90 Å². The van der Waals surface area contributed by atoms with Crippen LogP contribution in [0.25, 0.3) is 11.0 Å². The van der Waals surface area contributed by atoms with Gasteiger partial charge in [0, 0.05) is 24.6 Å². The van der Waals surface area contributed by atoms with Gasteiger partial charge in [0.2, 0.25) is 5.91 Å². The molecule has 6 nitrogen and oxygen atoms in total. The number of amides is 1. The molecule has 2 heterocycles. The quantitative estimate of drug-likeness (QED) is 0.442. The lowest BCUT2D eigenvalue weighted by molar-refractivity contribution is -0.117. The van der Waals surface area contributed by atoms with E-state index in [4.69, 9.17) is 9.72 Å². The Hall–Kier alpha value is -3.64. The summed E-state index contributed by atoms with van der Waals surface area (Å²) in [5.41, 5.74) is 5.00. The maximum atomic E-state index is 12.9. The van der Waals surface area contributed by atoms with E-state index in [2.05, 4.69) is 4.57 Å². The highest BCUT2D eigenvalue weighted by Gasteiger charge is 2.35. The van der Waals surface area contributed by atoms with Gasteiger partial charge in [-0.2, -0.15) is 0 Å². The summed E-state index contributed by atoms with van der Waals surface area (Å²) in [5.74, 6) is 1.62. The van der Waals surface area contributed by atoms with Crippen molar-refractivity contribution in [3.8, 4) is 5.75 Å². The van der Waals surface area contributed by atoms with E-state index in [1.807, 2.05) is 91.5 Å². The molecule has 0 bridgehead atoms. The summed E-state index contributed by atoms with van der Waals surface area (Å²) in [6, 6.07) is 23.7. The number of nitrogens with zero attached hydrogens (tertiary/aromatic N) is 3. The van der Waals surface area contributed by atoms with Gasteiger partial charge < -0.3 is 19.3 Å². The molecule has 1 amide bonds. The first kappa shape index (κ1) is 22.2. The number of carbonyl (C=O) groups excluding carboxylic acids is 1. The second kappa shape index (κ2) is 9.31. The predicted octanol–water partition coefficient (Wildman–Crippen LogP) is 4.61. The van der Waals surface area contributed by atoms with Crippen molar-refractivity contribution in [2.24, 2.45) is 0 Å². The first-order valence-corrected chi connectivity index (χ1v) is 11.7. The molecule has 0 radical (unpaired) electrons. The molecule has 174 valence electrons. The van der Waals surface area contributed by atoms with Gasteiger partial charge in [0.25, 0.3) is 0 Å². The molecule has 34 heavy (non-hydrogen) atoms. The second-order valence-corrected chi connectivity index (χ2v) is 9.09. The third-order valence-corrected chi connectivity index (χ3v) is 6.35. The topological polar surface area (TPSA) is 67.6 Å². The van der Waals surface area contributed by atoms with Crippen LogP contribution in [0.5, 0.6) is 5.75 Å². The van der Waals surface area contributed by atoms with E-state index in [-0.39, 0.29) is 18.4 Å². The number of hydrogen-bond acceptors (Lipinski definition) is 4. The van der Waals surface area contributed by atoms with E-state index in [1.54, 1.807) is 0 Å². The molecule has 1 aromatic heterocycles. The van der Waals surface area contributed by atoms with E-state index in [1.165, 1.54) is 0 Å². The third kappa shape index (κ3) is 4.54. The number of benzene rings is 3. The van der Waals surface area contributed by atoms with Crippen LogP contribution in [0, 0.1) is 13.8 Å². The van der Waals surface area contributed by atoms with Gasteiger partial charge >= 0.3 is 0 Å². The molecule has 5 rings (SSSR count). The Bertz CT molecular complexity index is 1310. The number of carbonyl (C=O) groups is 1. The zero-order valence-corrected chi connectivity index (χ0v) is 19.5. The number of hydrogen-bond donors (Lipinski definition) is 1. The summed E-state index contributed by atoms with van der Waals surface area (Å²) in [5, 5.41) is 10.8. The van der Waals surface area contributed by atoms with Crippen molar-refractivity contribution in [1.29, 1.82) is 0 Å². The Kier molecular flexibility index (Phi) is 6.07. The largest absolute Gasteiger partial charge is 0.491 e. The fraction of sp³-hybridized carbons (Fsp3) is 0.286. The van der Waals surface area contributed by atoms with Gasteiger partial charge in [-0.05, 0) is 55.8 Å². The van der Waals surface area contributed by atoms with E-state index >= 15 is 0 Å². The number of aryl methyl sites for hydroxylation is 2. The highest BCUT2D eigenvalue weighted by Crippen LogP contribution is 2.33. The minimum absolute atomic E-state index is 0.0499. The predicted molar refractivity (Wildman–Crippen MR) is 133 cm³/mol. The molecular formula is C28H29N3O3.